The molecule has 0 aliphatic carbocycles. The van der Waals surface area contributed by atoms with Crippen LogP contribution in [0.2, 0.25) is 5.02 Å². The van der Waals surface area contributed by atoms with Crippen LogP contribution in [-0.2, 0) is 10.0 Å². The quantitative estimate of drug-likeness (QED) is 0.828. The number of sulfonamides is 1. The van der Waals surface area contributed by atoms with Crippen LogP contribution in [0.15, 0.2) is 23.1 Å². The molecule has 110 valence electrons. The second kappa shape index (κ2) is 5.18. The molecule has 3 N–H and O–H groups in total. The average molecular weight is 316 g/mol. The molecule has 0 amide bonds. The Morgan fingerprint density at radius 1 is 1.30 bits per heavy atom. The van der Waals surface area contributed by atoms with E-state index in [2.05, 4.69) is 9.62 Å². The molecule has 1 aromatic carbocycles. The van der Waals surface area contributed by atoms with Crippen molar-refractivity contribution in [3.63, 3.8) is 0 Å². The van der Waals surface area contributed by atoms with E-state index in [-0.39, 0.29) is 16.6 Å². The number of nitrogens with one attached hydrogen (secondary N) is 1. The first-order valence-electron chi connectivity index (χ1n) is 6.79. The zero-order chi connectivity index (χ0) is 14.3. The summed E-state index contributed by atoms with van der Waals surface area (Å²) in [5.74, 6) is 0. The van der Waals surface area contributed by atoms with E-state index in [0.717, 1.165) is 32.4 Å². The minimum atomic E-state index is -3.62. The van der Waals surface area contributed by atoms with E-state index in [9.17, 15) is 8.42 Å². The molecule has 2 atom stereocenters. The van der Waals surface area contributed by atoms with Crippen molar-refractivity contribution < 1.29 is 8.42 Å². The molecule has 2 fully saturated rings. The summed E-state index contributed by atoms with van der Waals surface area (Å²) in [4.78, 5) is 2.43. The summed E-state index contributed by atoms with van der Waals surface area (Å²) >= 11 is 5.87. The van der Waals surface area contributed by atoms with Crippen LogP contribution in [0.3, 0.4) is 0 Å². The van der Waals surface area contributed by atoms with Gasteiger partial charge in [0.2, 0.25) is 10.0 Å². The lowest BCUT2D eigenvalue weighted by Crippen LogP contribution is -2.42. The van der Waals surface area contributed by atoms with Crippen molar-refractivity contribution in [3.05, 3.63) is 23.2 Å². The summed E-state index contributed by atoms with van der Waals surface area (Å²) in [6.45, 7) is 2.03. The fraction of sp³-hybridized carbons (Fsp3) is 0.538. The van der Waals surface area contributed by atoms with Gasteiger partial charge in [0.25, 0.3) is 0 Å². The fourth-order valence-electron chi connectivity index (χ4n) is 3.22. The van der Waals surface area contributed by atoms with E-state index >= 15 is 0 Å². The summed E-state index contributed by atoms with van der Waals surface area (Å²) in [6, 6.07) is 4.81. The number of hydrogen-bond acceptors (Lipinski definition) is 4. The molecule has 2 saturated heterocycles. The lowest BCUT2D eigenvalue weighted by molar-refractivity contribution is 0.309. The van der Waals surface area contributed by atoms with Gasteiger partial charge in [-0.05, 0) is 44.0 Å². The van der Waals surface area contributed by atoms with Crippen molar-refractivity contribution in [1.29, 1.82) is 0 Å². The van der Waals surface area contributed by atoms with Crippen LogP contribution in [-0.4, -0.2) is 38.5 Å². The van der Waals surface area contributed by atoms with Gasteiger partial charge in [0.15, 0.2) is 0 Å². The summed E-state index contributed by atoms with van der Waals surface area (Å²) in [7, 11) is -3.62. The van der Waals surface area contributed by atoms with Crippen LogP contribution in [0.1, 0.15) is 19.3 Å². The highest BCUT2D eigenvalue weighted by atomic mass is 35.5. The number of nitrogens with two attached hydrogens (primary N) is 1. The number of hydrogen-bond donors (Lipinski definition) is 2. The van der Waals surface area contributed by atoms with E-state index in [0.29, 0.717) is 11.1 Å². The Hall–Kier alpha value is -0.820. The van der Waals surface area contributed by atoms with Crippen molar-refractivity contribution in [2.75, 3.05) is 18.8 Å². The van der Waals surface area contributed by atoms with Crippen molar-refractivity contribution in [3.8, 4) is 0 Å². The lowest BCUT2D eigenvalue weighted by atomic mass is 10.1. The van der Waals surface area contributed by atoms with Gasteiger partial charge in [0, 0.05) is 23.7 Å². The van der Waals surface area contributed by atoms with Gasteiger partial charge >= 0.3 is 0 Å². The Balaban J connectivity index is 1.84. The number of fused-ring (bicyclic) bond motifs is 1. The number of nitrogens with zero attached hydrogens (tertiary/aromatic N) is 1. The predicted octanol–water partition coefficient (Wildman–Crippen LogP) is 1.44. The third kappa shape index (κ3) is 2.53. The molecule has 0 saturated carbocycles. The number of halogens is 1. The van der Waals surface area contributed by atoms with Gasteiger partial charge in [-0.2, -0.15) is 0 Å². The van der Waals surface area contributed by atoms with Crippen molar-refractivity contribution >= 4 is 27.3 Å². The van der Waals surface area contributed by atoms with Gasteiger partial charge in [0.05, 0.1) is 5.69 Å². The minimum absolute atomic E-state index is 0.0270. The molecule has 20 heavy (non-hydrogen) atoms. The highest BCUT2D eigenvalue weighted by molar-refractivity contribution is 7.89. The lowest BCUT2D eigenvalue weighted by Gasteiger charge is -2.21. The molecule has 3 rings (SSSR count). The van der Waals surface area contributed by atoms with Gasteiger partial charge in [-0.3, -0.25) is 4.90 Å². The molecule has 2 heterocycles. The first kappa shape index (κ1) is 14.1. The maximum Gasteiger partial charge on any atom is 0.242 e. The average Bonchev–Trinajstić information content (AvgIpc) is 2.97. The van der Waals surface area contributed by atoms with Crippen LogP contribution in [0, 0.1) is 0 Å². The maximum absolute atomic E-state index is 12.5. The second-order valence-electron chi connectivity index (χ2n) is 5.44. The third-order valence-corrected chi connectivity index (χ3v) is 5.96. The predicted molar refractivity (Wildman–Crippen MR) is 79.2 cm³/mol. The molecule has 2 unspecified atom stereocenters. The number of benzene rings is 1. The summed E-state index contributed by atoms with van der Waals surface area (Å²) in [5, 5.41) is 0.369. The van der Waals surface area contributed by atoms with E-state index in [1.165, 1.54) is 12.1 Å². The molecule has 0 bridgehead atoms. The second-order valence-corrected chi connectivity index (χ2v) is 7.56. The zero-order valence-electron chi connectivity index (χ0n) is 11.0. The number of nitrogen functional groups attached to an aromatic ring is 1. The third-order valence-electron chi connectivity index (χ3n) is 4.18. The standard InChI is InChI=1S/C13H18ClN3O2S/c14-9-3-4-10(15)13(8-9)20(18,19)16-11-5-7-17-6-1-2-12(11)17/h3-4,8,11-12,16H,1-2,5-7,15H2. The Labute approximate surface area is 124 Å². The van der Waals surface area contributed by atoms with E-state index < -0.39 is 10.0 Å². The van der Waals surface area contributed by atoms with Gasteiger partial charge in [-0.1, -0.05) is 11.6 Å². The Morgan fingerprint density at radius 2 is 2.10 bits per heavy atom. The van der Waals surface area contributed by atoms with Crippen LogP contribution in [0.25, 0.3) is 0 Å². The topological polar surface area (TPSA) is 75.4 Å². The molecular weight excluding hydrogens is 298 g/mol. The van der Waals surface area contributed by atoms with Crippen LogP contribution in [0.4, 0.5) is 5.69 Å². The summed E-state index contributed by atoms with van der Waals surface area (Å²) < 4.78 is 27.8. The number of anilines is 1. The molecule has 5 nitrogen and oxygen atoms in total. The fourth-order valence-corrected chi connectivity index (χ4v) is 4.92. The Kier molecular flexibility index (Phi) is 3.66. The van der Waals surface area contributed by atoms with E-state index in [4.69, 9.17) is 17.3 Å². The number of rotatable bonds is 3. The molecule has 0 aromatic heterocycles. The van der Waals surface area contributed by atoms with Crippen molar-refractivity contribution in [1.82, 2.24) is 9.62 Å². The molecule has 7 heteroatoms. The molecule has 0 spiro atoms. The van der Waals surface area contributed by atoms with Crippen LogP contribution < -0.4 is 10.5 Å². The van der Waals surface area contributed by atoms with Gasteiger partial charge in [0.1, 0.15) is 4.90 Å². The highest BCUT2D eigenvalue weighted by Gasteiger charge is 2.39. The highest BCUT2D eigenvalue weighted by Crippen LogP contribution is 2.30. The first-order valence-corrected chi connectivity index (χ1v) is 8.65. The Morgan fingerprint density at radius 3 is 2.90 bits per heavy atom. The van der Waals surface area contributed by atoms with Crippen molar-refractivity contribution in [2.45, 2.75) is 36.2 Å². The molecular formula is C13H18ClN3O2S. The normalized spacial score (nSPS) is 26.9. The minimum Gasteiger partial charge on any atom is -0.398 e. The van der Waals surface area contributed by atoms with Crippen LogP contribution in [0.5, 0.6) is 0 Å². The maximum atomic E-state index is 12.5. The monoisotopic (exact) mass is 315 g/mol. The van der Waals surface area contributed by atoms with E-state index in [1.54, 1.807) is 6.07 Å². The zero-order valence-corrected chi connectivity index (χ0v) is 12.6. The first-order chi connectivity index (χ1) is 9.47. The smallest absolute Gasteiger partial charge is 0.242 e. The molecule has 1 aromatic rings. The van der Waals surface area contributed by atoms with Gasteiger partial charge in [-0.15, -0.1) is 0 Å². The molecule has 2 aliphatic heterocycles. The van der Waals surface area contributed by atoms with Crippen molar-refractivity contribution in [2.24, 2.45) is 0 Å². The van der Waals surface area contributed by atoms with Gasteiger partial charge < -0.3 is 5.73 Å². The Bertz CT molecular complexity index is 620. The summed E-state index contributed by atoms with van der Waals surface area (Å²) in [6.07, 6.45) is 3.05. The van der Waals surface area contributed by atoms with Gasteiger partial charge in [-0.25, -0.2) is 13.1 Å². The SMILES string of the molecule is Nc1ccc(Cl)cc1S(=O)(=O)NC1CCN2CCCC12. The largest absolute Gasteiger partial charge is 0.398 e. The molecule has 2 aliphatic rings. The summed E-state index contributed by atoms with van der Waals surface area (Å²) in [5.41, 5.74) is 5.99. The van der Waals surface area contributed by atoms with Crippen LogP contribution >= 0.6 is 11.6 Å². The van der Waals surface area contributed by atoms with E-state index in [1.807, 2.05) is 0 Å². The molecule has 0 radical (unpaired) electrons.